The maximum Gasteiger partial charge on any atom is 0.481 e. The van der Waals surface area contributed by atoms with E-state index in [1.54, 1.807) is 0 Å². The van der Waals surface area contributed by atoms with Gasteiger partial charge in [-0.25, -0.2) is 0 Å². The van der Waals surface area contributed by atoms with Gasteiger partial charge in [0.2, 0.25) is 11.8 Å². The number of pyridine rings is 2. The quantitative estimate of drug-likeness (QED) is 0.268. The number of carbonyl (C=O) groups excluding carboxylic acids is 2. The van der Waals surface area contributed by atoms with Crippen molar-refractivity contribution in [2.45, 2.75) is 103 Å². The van der Waals surface area contributed by atoms with Crippen LogP contribution in [-0.4, -0.2) is 76.0 Å². The first-order chi connectivity index (χ1) is 21.2. The lowest BCUT2D eigenvalue weighted by atomic mass is 9.43. The molecule has 1 N–H and O–H groups in total. The fourth-order valence-electron chi connectivity index (χ4n) is 8.27. The predicted octanol–water partition coefficient (Wildman–Crippen LogP) is 4.41. The van der Waals surface area contributed by atoms with Gasteiger partial charge in [0.15, 0.2) is 0 Å². The van der Waals surface area contributed by atoms with Crippen LogP contribution in [0, 0.1) is 17.3 Å². The highest BCUT2D eigenvalue weighted by molar-refractivity contribution is 6.48. The van der Waals surface area contributed by atoms with E-state index in [2.05, 4.69) is 41.0 Å². The van der Waals surface area contributed by atoms with E-state index in [-0.39, 0.29) is 48.5 Å². The minimum Gasteiger partial charge on any atom is -0.404 e. The monoisotopic (exact) mass is 601 g/mol. The molecule has 236 valence electrons. The largest absolute Gasteiger partial charge is 0.481 e. The Morgan fingerprint density at radius 1 is 1.02 bits per heavy atom. The van der Waals surface area contributed by atoms with Crippen molar-refractivity contribution >= 4 is 18.9 Å². The molecule has 0 radical (unpaired) electrons. The summed E-state index contributed by atoms with van der Waals surface area (Å²) in [5, 5.41) is 2.88. The van der Waals surface area contributed by atoms with Crippen molar-refractivity contribution < 1.29 is 18.9 Å². The van der Waals surface area contributed by atoms with Crippen LogP contribution in [0.15, 0.2) is 48.8 Å². The highest BCUT2D eigenvalue weighted by Crippen LogP contribution is 2.65. The average molecular weight is 602 g/mol. The van der Waals surface area contributed by atoms with Gasteiger partial charge in [-0.05, 0) is 93.5 Å². The topological polar surface area (TPSA) is 96.9 Å². The third-order valence-corrected chi connectivity index (χ3v) is 10.9. The number of nitrogens with one attached hydrogen (secondary N) is 1. The van der Waals surface area contributed by atoms with Crippen LogP contribution >= 0.6 is 0 Å². The summed E-state index contributed by atoms with van der Waals surface area (Å²) < 4.78 is 13.2. The molecule has 3 aliphatic carbocycles. The van der Waals surface area contributed by atoms with E-state index in [4.69, 9.17) is 9.31 Å². The molecule has 5 aliphatic rings. The number of likely N-dealkylation sites (tertiary alicyclic amines) is 1. The van der Waals surface area contributed by atoms with Crippen molar-refractivity contribution in [3.63, 3.8) is 0 Å². The predicted molar refractivity (Wildman–Crippen MR) is 169 cm³/mol. The fraction of sp³-hybridized carbons (Fsp3) is 0.647. The van der Waals surface area contributed by atoms with E-state index in [9.17, 15) is 9.59 Å². The zero-order valence-electron chi connectivity index (χ0n) is 26.6. The Bertz CT molecular complexity index is 1240. The van der Waals surface area contributed by atoms with E-state index in [1.807, 2.05) is 53.7 Å². The minimum absolute atomic E-state index is 0.0302. The Hall–Kier alpha value is -2.82. The van der Waals surface area contributed by atoms with Crippen LogP contribution in [0.5, 0.6) is 0 Å². The van der Waals surface area contributed by atoms with Crippen LogP contribution in [0.1, 0.15) is 83.5 Å². The fourth-order valence-corrected chi connectivity index (χ4v) is 8.27. The molecule has 5 fully saturated rings. The van der Waals surface area contributed by atoms with Gasteiger partial charge in [0.25, 0.3) is 0 Å². The van der Waals surface area contributed by atoms with Gasteiger partial charge >= 0.3 is 7.12 Å². The summed E-state index contributed by atoms with van der Waals surface area (Å²) in [5.74, 6) is 1.00. The maximum atomic E-state index is 13.2. The second-order valence-electron chi connectivity index (χ2n) is 14.1. The molecule has 2 aliphatic heterocycles. The van der Waals surface area contributed by atoms with Crippen LogP contribution in [0.25, 0.3) is 0 Å². The number of carbonyl (C=O) groups is 2. The summed E-state index contributed by atoms with van der Waals surface area (Å²) in [6.45, 7) is 10.1. The summed E-state index contributed by atoms with van der Waals surface area (Å²) in [6, 6.07) is 12.0. The van der Waals surface area contributed by atoms with Crippen molar-refractivity contribution in [3.8, 4) is 0 Å². The Balaban J connectivity index is 0.914. The Morgan fingerprint density at radius 3 is 2.41 bits per heavy atom. The molecule has 7 rings (SSSR count). The van der Waals surface area contributed by atoms with Gasteiger partial charge in [0.1, 0.15) is 0 Å². The highest BCUT2D eigenvalue weighted by atomic mass is 16.7. The Morgan fingerprint density at radius 2 is 1.75 bits per heavy atom. The normalized spacial score (nSPS) is 28.5. The van der Waals surface area contributed by atoms with Crippen LogP contribution in [0.4, 0.5) is 0 Å². The number of aromatic nitrogens is 2. The second-order valence-corrected chi connectivity index (χ2v) is 14.1. The number of nitrogens with zero attached hydrogens (tertiary/aromatic N) is 4. The first kappa shape index (κ1) is 31.2. The Labute approximate surface area is 262 Å². The number of rotatable bonds is 13. The van der Waals surface area contributed by atoms with Gasteiger partial charge in [-0.15, -0.1) is 0 Å². The molecule has 2 bridgehead atoms. The lowest BCUT2D eigenvalue weighted by molar-refractivity contribution is -0.199. The molecule has 2 saturated heterocycles. The van der Waals surface area contributed by atoms with E-state index in [1.165, 1.54) is 6.42 Å². The number of unbranched alkanes of at least 4 members (excludes halogenated alkanes) is 2. The third-order valence-electron chi connectivity index (χ3n) is 10.9. The van der Waals surface area contributed by atoms with Gasteiger partial charge < -0.3 is 19.5 Å². The zero-order chi connectivity index (χ0) is 30.7. The van der Waals surface area contributed by atoms with Gasteiger partial charge in [-0.3, -0.25) is 24.5 Å². The maximum absolute atomic E-state index is 13.2. The smallest absolute Gasteiger partial charge is 0.404 e. The third kappa shape index (κ3) is 6.58. The van der Waals surface area contributed by atoms with Gasteiger partial charge in [-0.1, -0.05) is 32.4 Å². The zero-order valence-corrected chi connectivity index (χ0v) is 26.6. The van der Waals surface area contributed by atoms with Gasteiger partial charge in [-0.2, -0.15) is 0 Å². The van der Waals surface area contributed by atoms with E-state index in [0.29, 0.717) is 24.8 Å². The van der Waals surface area contributed by atoms with E-state index >= 15 is 0 Å². The highest BCUT2D eigenvalue weighted by Gasteiger charge is 2.69. The average Bonchev–Trinajstić information content (AvgIpc) is 3.65. The molecule has 2 unspecified atom stereocenters. The van der Waals surface area contributed by atoms with E-state index < -0.39 is 0 Å². The standard InChI is InChI=1S/C34H48BN5O4/c1-33(2)25-20-28(33)34(3)29(21-25)43-35(44-34)30-14-11-19-40(30)32(42)22-38-31(41)15-5-4-10-18-39(23-26-12-6-8-16-36-26)24-27-13-7-9-17-37-27/h6-9,12-13,16-17,25,28-30H,4-5,10-11,14-15,18-24H2,1-3H3,(H,38,41)/t25-,28?,29+,30?,34-/m0/s1. The van der Waals surface area contributed by atoms with Crippen LogP contribution in [-0.2, 0) is 32.0 Å². The first-order valence-corrected chi connectivity index (χ1v) is 16.7. The van der Waals surface area contributed by atoms with Gasteiger partial charge in [0.05, 0.1) is 35.6 Å². The van der Waals surface area contributed by atoms with Crippen molar-refractivity contribution in [1.29, 1.82) is 0 Å². The molecular formula is C34H48BN5O4. The molecule has 2 aromatic rings. The van der Waals surface area contributed by atoms with Crippen molar-refractivity contribution in [1.82, 2.24) is 25.1 Å². The van der Waals surface area contributed by atoms with Crippen LogP contribution in [0.2, 0.25) is 0 Å². The molecule has 9 nitrogen and oxygen atoms in total. The molecular weight excluding hydrogens is 553 g/mol. The lowest BCUT2D eigenvalue weighted by Crippen LogP contribution is -2.65. The first-order valence-electron chi connectivity index (χ1n) is 16.7. The molecule has 5 atom stereocenters. The van der Waals surface area contributed by atoms with Gasteiger partial charge in [0, 0.05) is 38.4 Å². The molecule has 44 heavy (non-hydrogen) atoms. The summed E-state index contributed by atoms with van der Waals surface area (Å²) in [5.41, 5.74) is 2.08. The number of hydrogen-bond acceptors (Lipinski definition) is 7. The molecule has 10 heteroatoms. The molecule has 4 heterocycles. The summed E-state index contributed by atoms with van der Waals surface area (Å²) >= 11 is 0. The number of amides is 2. The van der Waals surface area contributed by atoms with Crippen LogP contribution in [0.3, 0.4) is 0 Å². The van der Waals surface area contributed by atoms with E-state index in [0.717, 1.165) is 69.5 Å². The van der Waals surface area contributed by atoms with Crippen molar-refractivity contribution in [3.05, 3.63) is 60.2 Å². The summed E-state index contributed by atoms with van der Waals surface area (Å²) in [6.07, 6.45) is 10.9. The molecule has 2 aromatic heterocycles. The molecule has 0 aromatic carbocycles. The van der Waals surface area contributed by atoms with Crippen LogP contribution < -0.4 is 5.32 Å². The minimum atomic E-state index is -0.378. The molecule has 3 saturated carbocycles. The second kappa shape index (κ2) is 13.3. The Kier molecular flexibility index (Phi) is 9.40. The number of hydrogen-bond donors (Lipinski definition) is 1. The van der Waals surface area contributed by atoms with Crippen molar-refractivity contribution in [2.75, 3.05) is 19.6 Å². The summed E-state index contributed by atoms with van der Waals surface area (Å²) in [7, 11) is -0.378. The molecule has 0 spiro atoms. The lowest BCUT2D eigenvalue weighted by Gasteiger charge is -2.64. The van der Waals surface area contributed by atoms with Crippen molar-refractivity contribution in [2.24, 2.45) is 17.3 Å². The summed E-state index contributed by atoms with van der Waals surface area (Å²) in [4.78, 5) is 39.1. The SMILES string of the molecule is CC1(C)C2C[C@H]1C[C@H]1OB(C3CCCN3C(=O)CNC(=O)CCCCCN(Cc3ccccn3)Cc3ccccn3)O[C@@]21C. The molecule has 2 amide bonds.